The van der Waals surface area contributed by atoms with Gasteiger partial charge in [0.15, 0.2) is 6.10 Å². The van der Waals surface area contributed by atoms with Gasteiger partial charge in [-0.05, 0) is 19.3 Å². The molecule has 0 N–H and O–H groups in total. The van der Waals surface area contributed by atoms with Gasteiger partial charge in [0.25, 0.3) is 0 Å². The van der Waals surface area contributed by atoms with Crippen molar-refractivity contribution in [1.29, 1.82) is 0 Å². The second-order valence-electron chi connectivity index (χ2n) is 15.7. The minimum absolute atomic E-state index is 0.0627. The third-order valence-corrected chi connectivity index (χ3v) is 10.4. The minimum atomic E-state index is -0.757. The summed E-state index contributed by atoms with van der Waals surface area (Å²) in [5, 5.41) is 0. The van der Waals surface area contributed by atoms with Gasteiger partial charge < -0.3 is 14.2 Å². The van der Waals surface area contributed by atoms with E-state index in [0.29, 0.717) is 19.3 Å². The van der Waals surface area contributed by atoms with Crippen LogP contribution in [-0.2, 0) is 28.6 Å². The SMILES string of the molecule is CCCCCCCCCCCCCCCC(=O)OC[C@@H](COC(=O)CCCCCCCCCCCC)OC(=O)CCCCCCCCCCCCC. The average molecular weight is 737 g/mol. The molecule has 0 unspecified atom stereocenters. The highest BCUT2D eigenvalue weighted by molar-refractivity contribution is 5.71. The van der Waals surface area contributed by atoms with Crippen molar-refractivity contribution in [3.8, 4) is 0 Å². The van der Waals surface area contributed by atoms with E-state index in [1.54, 1.807) is 0 Å². The molecule has 308 valence electrons. The Morgan fingerprint density at radius 3 is 0.769 bits per heavy atom. The van der Waals surface area contributed by atoms with Crippen molar-refractivity contribution in [2.24, 2.45) is 0 Å². The molecule has 0 spiro atoms. The van der Waals surface area contributed by atoms with Crippen molar-refractivity contribution in [3.05, 3.63) is 0 Å². The lowest BCUT2D eigenvalue weighted by Crippen LogP contribution is -2.30. The molecule has 0 saturated carbocycles. The average Bonchev–Trinajstić information content (AvgIpc) is 3.14. The molecule has 52 heavy (non-hydrogen) atoms. The van der Waals surface area contributed by atoms with Crippen molar-refractivity contribution in [2.75, 3.05) is 13.2 Å². The molecule has 0 aromatic heterocycles. The summed E-state index contributed by atoms with van der Waals surface area (Å²) in [6.45, 7) is 6.64. The van der Waals surface area contributed by atoms with E-state index in [2.05, 4.69) is 20.8 Å². The van der Waals surface area contributed by atoms with Gasteiger partial charge in [0.05, 0.1) is 0 Å². The second kappa shape index (κ2) is 42.2. The zero-order valence-electron chi connectivity index (χ0n) is 35.1. The highest BCUT2D eigenvalue weighted by Gasteiger charge is 2.19. The molecular weight excluding hydrogens is 648 g/mol. The van der Waals surface area contributed by atoms with Crippen LogP contribution in [0.2, 0.25) is 0 Å². The molecule has 0 amide bonds. The monoisotopic (exact) mass is 737 g/mol. The minimum Gasteiger partial charge on any atom is -0.462 e. The molecule has 0 aromatic carbocycles. The molecule has 0 aliphatic rings. The van der Waals surface area contributed by atoms with Crippen molar-refractivity contribution in [1.82, 2.24) is 0 Å². The largest absolute Gasteiger partial charge is 0.462 e. The van der Waals surface area contributed by atoms with Crippen LogP contribution >= 0.6 is 0 Å². The Bertz CT molecular complexity index is 768. The summed E-state index contributed by atoms with van der Waals surface area (Å²) in [6.07, 6.45) is 42.2. The van der Waals surface area contributed by atoms with Crippen LogP contribution in [-0.4, -0.2) is 37.2 Å². The number of ether oxygens (including phenoxy) is 3. The number of hydrogen-bond acceptors (Lipinski definition) is 6. The maximum Gasteiger partial charge on any atom is 0.306 e. The van der Waals surface area contributed by atoms with E-state index >= 15 is 0 Å². The van der Waals surface area contributed by atoms with Gasteiger partial charge >= 0.3 is 17.9 Å². The molecule has 0 heterocycles. The van der Waals surface area contributed by atoms with Crippen LogP contribution in [0.3, 0.4) is 0 Å². The van der Waals surface area contributed by atoms with E-state index in [1.165, 1.54) is 161 Å². The van der Waals surface area contributed by atoms with Crippen LogP contribution in [0.5, 0.6) is 0 Å². The number of hydrogen-bond donors (Lipinski definition) is 0. The lowest BCUT2D eigenvalue weighted by Gasteiger charge is -2.18. The fourth-order valence-electron chi connectivity index (χ4n) is 6.85. The van der Waals surface area contributed by atoms with Crippen molar-refractivity contribution in [2.45, 2.75) is 264 Å². The van der Waals surface area contributed by atoms with Gasteiger partial charge in [-0.3, -0.25) is 14.4 Å². The van der Waals surface area contributed by atoms with E-state index in [0.717, 1.165) is 57.8 Å². The summed E-state index contributed by atoms with van der Waals surface area (Å²) in [4.78, 5) is 37.7. The molecule has 6 nitrogen and oxygen atoms in total. The number of rotatable bonds is 42. The Hall–Kier alpha value is -1.59. The van der Waals surface area contributed by atoms with E-state index in [1.807, 2.05) is 0 Å². The van der Waals surface area contributed by atoms with Gasteiger partial charge in [-0.15, -0.1) is 0 Å². The molecular formula is C46H88O6. The number of esters is 3. The number of unbranched alkanes of at least 4 members (excludes halogenated alkanes) is 31. The summed E-state index contributed by atoms with van der Waals surface area (Å²) >= 11 is 0. The number of carbonyl (C=O) groups excluding carboxylic acids is 3. The topological polar surface area (TPSA) is 78.9 Å². The molecule has 6 heteroatoms. The lowest BCUT2D eigenvalue weighted by molar-refractivity contribution is -0.167. The molecule has 0 aromatic rings. The smallest absolute Gasteiger partial charge is 0.306 e. The molecule has 0 fully saturated rings. The van der Waals surface area contributed by atoms with Crippen molar-refractivity contribution in [3.63, 3.8) is 0 Å². The van der Waals surface area contributed by atoms with E-state index in [-0.39, 0.29) is 31.1 Å². The van der Waals surface area contributed by atoms with Crippen LogP contribution in [0.4, 0.5) is 0 Å². The molecule has 0 bridgehead atoms. The quantitative estimate of drug-likeness (QED) is 0.0353. The first-order valence-electron chi connectivity index (χ1n) is 23.0. The van der Waals surface area contributed by atoms with Crippen molar-refractivity contribution < 1.29 is 28.6 Å². The Labute approximate surface area is 323 Å². The van der Waals surface area contributed by atoms with Gasteiger partial charge in [-0.2, -0.15) is 0 Å². The maximum absolute atomic E-state index is 12.7. The summed E-state index contributed by atoms with van der Waals surface area (Å²) in [5.74, 6) is -0.852. The Kier molecular flexibility index (Phi) is 40.9. The molecule has 0 saturated heterocycles. The van der Waals surface area contributed by atoms with Gasteiger partial charge in [-0.25, -0.2) is 0 Å². The van der Waals surface area contributed by atoms with Crippen LogP contribution in [0.25, 0.3) is 0 Å². The van der Waals surface area contributed by atoms with Crippen LogP contribution in [0, 0.1) is 0 Å². The Morgan fingerprint density at radius 1 is 0.308 bits per heavy atom. The third-order valence-electron chi connectivity index (χ3n) is 10.4. The van der Waals surface area contributed by atoms with Gasteiger partial charge in [0, 0.05) is 19.3 Å². The van der Waals surface area contributed by atoms with Crippen LogP contribution in [0.15, 0.2) is 0 Å². The highest BCUT2D eigenvalue weighted by atomic mass is 16.6. The second-order valence-corrected chi connectivity index (χ2v) is 15.7. The highest BCUT2D eigenvalue weighted by Crippen LogP contribution is 2.16. The fraction of sp³-hybridized carbons (Fsp3) is 0.935. The molecule has 0 rings (SSSR count). The van der Waals surface area contributed by atoms with E-state index in [4.69, 9.17) is 14.2 Å². The van der Waals surface area contributed by atoms with E-state index in [9.17, 15) is 14.4 Å². The molecule has 0 aliphatic carbocycles. The maximum atomic E-state index is 12.7. The summed E-state index contributed by atoms with van der Waals surface area (Å²) in [7, 11) is 0. The zero-order valence-corrected chi connectivity index (χ0v) is 35.1. The summed E-state index contributed by atoms with van der Waals surface area (Å²) < 4.78 is 16.7. The lowest BCUT2D eigenvalue weighted by atomic mass is 10.0. The van der Waals surface area contributed by atoms with Gasteiger partial charge in [-0.1, -0.05) is 220 Å². The normalized spacial score (nSPS) is 11.8. The standard InChI is InChI=1S/C46H88O6/c1-4-7-10-13-16-19-22-23-25-27-30-33-36-39-45(48)51-42-43(41-50-44(47)38-35-32-29-26-21-18-15-12-9-6-3)52-46(49)40-37-34-31-28-24-20-17-14-11-8-5-2/h43H,4-42H2,1-3H3/t43-/m1/s1. The van der Waals surface area contributed by atoms with Gasteiger partial charge in [0.2, 0.25) is 0 Å². The van der Waals surface area contributed by atoms with Crippen LogP contribution < -0.4 is 0 Å². The fourth-order valence-corrected chi connectivity index (χ4v) is 6.85. The first kappa shape index (κ1) is 50.4. The Morgan fingerprint density at radius 2 is 0.519 bits per heavy atom. The zero-order chi connectivity index (χ0) is 38.0. The summed E-state index contributed by atoms with van der Waals surface area (Å²) in [5.41, 5.74) is 0. The molecule has 1 atom stereocenters. The first-order chi connectivity index (χ1) is 25.5. The van der Waals surface area contributed by atoms with E-state index < -0.39 is 6.10 Å². The Balaban J connectivity index is 4.31. The van der Waals surface area contributed by atoms with Crippen molar-refractivity contribution >= 4 is 17.9 Å². The number of carbonyl (C=O) groups is 3. The van der Waals surface area contributed by atoms with Gasteiger partial charge in [0.1, 0.15) is 13.2 Å². The predicted octanol–water partition coefficient (Wildman–Crippen LogP) is 14.5. The first-order valence-corrected chi connectivity index (χ1v) is 23.0. The van der Waals surface area contributed by atoms with Crippen LogP contribution in [0.1, 0.15) is 258 Å². The summed E-state index contributed by atoms with van der Waals surface area (Å²) in [6, 6.07) is 0. The molecule has 0 radical (unpaired) electrons. The third kappa shape index (κ3) is 39.6. The predicted molar refractivity (Wildman–Crippen MR) is 220 cm³/mol. The molecule has 0 aliphatic heterocycles.